The van der Waals surface area contributed by atoms with E-state index < -0.39 is 41.4 Å². The number of esters is 1. The Bertz CT molecular complexity index is 1040. The van der Waals surface area contributed by atoms with E-state index in [-0.39, 0.29) is 23.7 Å². The van der Waals surface area contributed by atoms with E-state index in [1.807, 2.05) is 0 Å². The molecule has 6 nitrogen and oxygen atoms in total. The first-order valence-electron chi connectivity index (χ1n) is 9.86. The van der Waals surface area contributed by atoms with E-state index in [4.69, 9.17) is 27.9 Å². The fourth-order valence-corrected chi connectivity index (χ4v) is 3.64. The maximum absolute atomic E-state index is 13.9. The third kappa shape index (κ3) is 5.75. The van der Waals surface area contributed by atoms with Gasteiger partial charge in [0.05, 0.1) is 22.2 Å². The Labute approximate surface area is 193 Å². The van der Waals surface area contributed by atoms with Gasteiger partial charge < -0.3 is 15.0 Å². The van der Waals surface area contributed by atoms with Crippen LogP contribution in [-0.4, -0.2) is 41.9 Å². The van der Waals surface area contributed by atoms with Gasteiger partial charge in [0.1, 0.15) is 11.6 Å². The van der Waals surface area contributed by atoms with Crippen molar-refractivity contribution >= 4 is 46.7 Å². The van der Waals surface area contributed by atoms with Crippen LogP contribution in [0.25, 0.3) is 0 Å². The Morgan fingerprint density at radius 2 is 1.78 bits per heavy atom. The van der Waals surface area contributed by atoms with Crippen LogP contribution in [-0.2, 0) is 14.3 Å². The minimum absolute atomic E-state index is 0.202. The SMILES string of the molecule is CC(OC(=O)C1CCN(C(=O)c2ccc(F)cc2F)CC1)C(=O)Nc1cc(Cl)ccc1Cl. The first kappa shape index (κ1) is 23.9. The third-order valence-electron chi connectivity index (χ3n) is 5.13. The lowest BCUT2D eigenvalue weighted by Gasteiger charge is -2.31. The summed E-state index contributed by atoms with van der Waals surface area (Å²) in [4.78, 5) is 38.7. The molecule has 1 unspecified atom stereocenters. The normalized spacial score (nSPS) is 15.2. The van der Waals surface area contributed by atoms with Gasteiger partial charge >= 0.3 is 5.97 Å². The minimum atomic E-state index is -1.08. The van der Waals surface area contributed by atoms with Gasteiger partial charge in [0.2, 0.25) is 0 Å². The van der Waals surface area contributed by atoms with Gasteiger partial charge in [-0.2, -0.15) is 0 Å². The van der Waals surface area contributed by atoms with Crippen molar-refractivity contribution in [3.63, 3.8) is 0 Å². The number of rotatable bonds is 5. The van der Waals surface area contributed by atoms with Crippen LogP contribution in [0.3, 0.4) is 0 Å². The van der Waals surface area contributed by atoms with Crippen LogP contribution in [0.1, 0.15) is 30.1 Å². The van der Waals surface area contributed by atoms with Gasteiger partial charge in [-0.15, -0.1) is 0 Å². The van der Waals surface area contributed by atoms with Crippen molar-refractivity contribution < 1.29 is 27.9 Å². The summed E-state index contributed by atoms with van der Waals surface area (Å²) in [5.41, 5.74) is 0.0734. The first-order valence-corrected chi connectivity index (χ1v) is 10.6. The molecule has 1 aliphatic rings. The van der Waals surface area contributed by atoms with Crippen LogP contribution in [0.4, 0.5) is 14.5 Å². The zero-order valence-corrected chi connectivity index (χ0v) is 18.6. The molecular formula is C22H20Cl2F2N2O4. The summed E-state index contributed by atoms with van der Waals surface area (Å²) in [6, 6.07) is 7.35. The predicted molar refractivity (Wildman–Crippen MR) is 116 cm³/mol. The largest absolute Gasteiger partial charge is 0.452 e. The molecule has 1 N–H and O–H groups in total. The van der Waals surface area contributed by atoms with Crippen molar-refractivity contribution in [2.75, 3.05) is 18.4 Å². The fraction of sp³-hybridized carbons (Fsp3) is 0.318. The molecule has 0 spiro atoms. The quantitative estimate of drug-likeness (QED) is 0.624. The van der Waals surface area contributed by atoms with E-state index in [1.165, 1.54) is 24.0 Å². The lowest BCUT2D eigenvalue weighted by atomic mass is 9.96. The number of halogens is 4. The number of carbonyl (C=O) groups excluding carboxylic acids is 3. The zero-order chi connectivity index (χ0) is 23.4. The van der Waals surface area contributed by atoms with Gasteiger partial charge in [-0.25, -0.2) is 8.78 Å². The maximum Gasteiger partial charge on any atom is 0.309 e. The number of benzene rings is 2. The summed E-state index contributed by atoms with van der Waals surface area (Å²) in [5, 5.41) is 3.23. The van der Waals surface area contributed by atoms with Gasteiger partial charge in [-0.05, 0) is 50.1 Å². The molecule has 0 aliphatic carbocycles. The highest BCUT2D eigenvalue weighted by atomic mass is 35.5. The second kappa shape index (κ2) is 10.3. The molecule has 170 valence electrons. The number of anilines is 1. The number of nitrogens with one attached hydrogen (secondary N) is 1. The van der Waals surface area contributed by atoms with Gasteiger partial charge in [-0.3, -0.25) is 14.4 Å². The van der Waals surface area contributed by atoms with E-state index in [9.17, 15) is 23.2 Å². The molecule has 1 aliphatic heterocycles. The summed E-state index contributed by atoms with van der Waals surface area (Å²) >= 11 is 11.9. The number of nitrogens with zero attached hydrogens (tertiary/aromatic N) is 1. The van der Waals surface area contributed by atoms with E-state index in [2.05, 4.69) is 5.32 Å². The topological polar surface area (TPSA) is 75.7 Å². The Morgan fingerprint density at radius 3 is 2.44 bits per heavy atom. The number of hydrogen-bond acceptors (Lipinski definition) is 4. The Balaban J connectivity index is 1.52. The van der Waals surface area contributed by atoms with Crippen molar-refractivity contribution in [3.05, 3.63) is 63.6 Å². The second-order valence-electron chi connectivity index (χ2n) is 7.38. The second-order valence-corrected chi connectivity index (χ2v) is 8.23. The van der Waals surface area contributed by atoms with E-state index in [1.54, 1.807) is 6.07 Å². The van der Waals surface area contributed by atoms with E-state index >= 15 is 0 Å². The van der Waals surface area contributed by atoms with Crippen molar-refractivity contribution in [1.29, 1.82) is 0 Å². The number of carbonyl (C=O) groups is 3. The van der Waals surface area contributed by atoms with Gasteiger partial charge in [0.15, 0.2) is 6.10 Å². The number of amides is 2. The summed E-state index contributed by atoms with van der Waals surface area (Å²) in [5.74, 6) is -3.91. The van der Waals surface area contributed by atoms with Gasteiger partial charge in [0, 0.05) is 24.2 Å². The highest BCUT2D eigenvalue weighted by Crippen LogP contribution is 2.26. The Morgan fingerprint density at radius 1 is 1.09 bits per heavy atom. The number of ether oxygens (including phenoxy) is 1. The lowest BCUT2D eigenvalue weighted by molar-refractivity contribution is -0.158. The first-order chi connectivity index (χ1) is 15.2. The molecule has 32 heavy (non-hydrogen) atoms. The molecule has 0 saturated carbocycles. The van der Waals surface area contributed by atoms with Crippen LogP contribution in [0.15, 0.2) is 36.4 Å². The van der Waals surface area contributed by atoms with E-state index in [0.29, 0.717) is 29.6 Å². The molecule has 1 atom stereocenters. The Hall–Kier alpha value is -2.71. The standard InChI is InChI=1S/C22H20Cl2F2N2O4/c1-12(20(29)27-19-10-14(23)2-5-17(19)24)32-22(31)13-6-8-28(9-7-13)21(30)16-4-3-15(25)11-18(16)26/h2-5,10-13H,6-9H2,1H3,(H,27,29). The molecule has 1 heterocycles. The third-order valence-corrected chi connectivity index (χ3v) is 5.69. The molecule has 0 radical (unpaired) electrons. The molecular weight excluding hydrogens is 465 g/mol. The average Bonchev–Trinajstić information content (AvgIpc) is 2.76. The van der Waals surface area contributed by atoms with Crippen molar-refractivity contribution in [2.45, 2.75) is 25.9 Å². The van der Waals surface area contributed by atoms with Gasteiger partial charge in [0.25, 0.3) is 11.8 Å². The molecule has 2 amide bonds. The van der Waals surface area contributed by atoms with Crippen LogP contribution in [0.5, 0.6) is 0 Å². The monoisotopic (exact) mass is 484 g/mol. The number of hydrogen-bond donors (Lipinski definition) is 1. The zero-order valence-electron chi connectivity index (χ0n) is 17.0. The summed E-state index contributed by atoms with van der Waals surface area (Å²) in [6.07, 6.45) is -0.491. The Kier molecular flexibility index (Phi) is 7.69. The van der Waals surface area contributed by atoms with Crippen LogP contribution < -0.4 is 5.32 Å². The van der Waals surface area contributed by atoms with Crippen LogP contribution in [0, 0.1) is 17.6 Å². The molecule has 10 heteroatoms. The lowest BCUT2D eigenvalue weighted by Crippen LogP contribution is -2.42. The molecule has 0 bridgehead atoms. The summed E-state index contributed by atoms with van der Waals surface area (Å²) < 4.78 is 32.2. The molecule has 0 aromatic heterocycles. The molecule has 2 aromatic carbocycles. The molecule has 1 saturated heterocycles. The van der Waals surface area contributed by atoms with Crippen molar-refractivity contribution in [2.24, 2.45) is 5.92 Å². The highest BCUT2D eigenvalue weighted by Gasteiger charge is 2.31. The molecule has 1 fully saturated rings. The summed E-state index contributed by atoms with van der Waals surface area (Å²) in [6.45, 7) is 1.84. The van der Waals surface area contributed by atoms with Crippen molar-refractivity contribution in [1.82, 2.24) is 4.90 Å². The minimum Gasteiger partial charge on any atom is -0.452 e. The highest BCUT2D eigenvalue weighted by molar-refractivity contribution is 6.35. The average molecular weight is 485 g/mol. The molecule has 2 aromatic rings. The molecule has 3 rings (SSSR count). The van der Waals surface area contributed by atoms with Crippen LogP contribution >= 0.6 is 23.2 Å². The van der Waals surface area contributed by atoms with Gasteiger partial charge in [-0.1, -0.05) is 23.2 Å². The van der Waals surface area contributed by atoms with Crippen molar-refractivity contribution in [3.8, 4) is 0 Å². The summed E-state index contributed by atoms with van der Waals surface area (Å²) in [7, 11) is 0. The smallest absolute Gasteiger partial charge is 0.309 e. The predicted octanol–water partition coefficient (Wildman–Crippen LogP) is 4.69. The number of piperidine rings is 1. The maximum atomic E-state index is 13.9. The fourth-order valence-electron chi connectivity index (χ4n) is 3.30. The van der Waals surface area contributed by atoms with E-state index in [0.717, 1.165) is 12.1 Å². The van der Waals surface area contributed by atoms with Crippen LogP contribution in [0.2, 0.25) is 10.0 Å². The number of likely N-dealkylation sites (tertiary alicyclic amines) is 1.